The summed E-state index contributed by atoms with van der Waals surface area (Å²) in [6.45, 7) is 74.5. The fourth-order valence-electron chi connectivity index (χ4n) is 29.2. The predicted molar refractivity (Wildman–Crippen MR) is 636 cm³/mol. The standard InChI is InChI=1S/C31H40N.C30H38N.C28H36N.2C27H35FN/c1-18(2)30(19(3)4)24-12-13-26-25(16-24)15-21(6)32(7)31(26)27-17-29-23-10-8-22(9-11-23)28(29)14-20(27)5;1-17(2)29(18(3)4)23-10-11-25-24(15-23)13-20(6)31(7)30(25)26-16-28-22-9-8-21(14-22)27(28)12-19(26)5;1-17(2)27(18(3)4)23-11-12-25-24(15-23)14-20(6)29(7)28(25)26-16-22-10-8-9-21(22)13-19(26)5;1-15(2)25(16(3)4)21-10-11-23-22(14-21)13-18(6)29(9)27(23)24-12-17(5)26(28)20(8)19(24)7;1-15(2)24(16(3)4)21-10-11-23-22(14-21)13-19(7)29(9)27(23)25-20(8)17(5)12-18(6)26(25)28/h12-19,22-23,30H,8-11H2,1-7H3;10-13,15-18,21-22,29H,8-9,14H2,1-7H3;11-18,27H,8-10H2,1-7H3;10-16,25H,1-9H3;10-16,24H,1-9H3/q5*+1/i15D;13D;14D;2*13D. The molecule has 15 aromatic rings. The van der Waals surface area contributed by atoms with Crippen LogP contribution in [0, 0.1) is 168 Å². The lowest BCUT2D eigenvalue weighted by molar-refractivity contribution is -0.665. The summed E-state index contributed by atoms with van der Waals surface area (Å²) >= 11 is 0. The van der Waals surface area contributed by atoms with Crippen molar-refractivity contribution in [3.05, 3.63) is 321 Å². The van der Waals surface area contributed by atoms with E-state index in [-0.39, 0.29) is 11.6 Å². The molecule has 6 aliphatic carbocycles. The molecule has 10 aromatic carbocycles. The molecule has 0 aliphatic heterocycles. The van der Waals surface area contributed by atoms with Crippen LogP contribution in [0.25, 0.3) is 110 Å². The summed E-state index contributed by atoms with van der Waals surface area (Å²) in [6.07, 6.45) is 13.2. The van der Waals surface area contributed by atoms with Crippen molar-refractivity contribution in [1.29, 1.82) is 0 Å². The topological polar surface area (TPSA) is 19.4 Å². The Morgan fingerprint density at radius 1 is 0.247 bits per heavy atom. The number of aryl methyl sites for hydroxylation is 8. The molecule has 6 aliphatic rings. The summed E-state index contributed by atoms with van der Waals surface area (Å²) in [7, 11) is 10.4. The number of hydrogen-bond donors (Lipinski definition) is 0. The summed E-state index contributed by atoms with van der Waals surface area (Å²) in [5.74, 6) is 10.7. The Balaban J connectivity index is 0.000000137. The van der Waals surface area contributed by atoms with Gasteiger partial charge < -0.3 is 0 Å². The minimum atomic E-state index is -0.168. The van der Waals surface area contributed by atoms with E-state index < -0.39 is 0 Å². The first-order chi connectivity index (χ1) is 73.0. The summed E-state index contributed by atoms with van der Waals surface area (Å²) < 4.78 is 85.3. The number of aromatic nitrogens is 5. The van der Waals surface area contributed by atoms with Gasteiger partial charge in [-0.3, -0.25) is 0 Å². The fourth-order valence-corrected chi connectivity index (χ4v) is 29.2. The van der Waals surface area contributed by atoms with Gasteiger partial charge in [0, 0.05) is 64.8 Å². The van der Waals surface area contributed by atoms with E-state index in [0.717, 1.165) is 123 Å². The highest BCUT2D eigenvalue weighted by Crippen LogP contribution is 2.56. The van der Waals surface area contributed by atoms with Crippen LogP contribution in [-0.4, -0.2) is 0 Å². The molecule has 5 nitrogen and oxygen atoms in total. The first-order valence-electron chi connectivity index (χ1n) is 60.1. The third-order valence-corrected chi connectivity index (χ3v) is 36.8. The van der Waals surface area contributed by atoms with Crippen LogP contribution in [0.3, 0.4) is 0 Å². The molecule has 0 radical (unpaired) electrons. The third-order valence-electron chi connectivity index (χ3n) is 36.8. The van der Waals surface area contributed by atoms with Gasteiger partial charge in [-0.25, -0.2) is 8.78 Å². The van der Waals surface area contributed by atoms with Gasteiger partial charge in [-0.15, -0.1) is 0 Å². The van der Waals surface area contributed by atoms with Gasteiger partial charge in [0.15, 0.2) is 28.5 Å². The van der Waals surface area contributed by atoms with E-state index in [2.05, 4.69) is 347 Å². The number of pyridine rings is 5. The second-order valence-corrected chi connectivity index (χ2v) is 50.5. The molecule has 790 valence electrons. The molecule has 21 rings (SSSR count). The number of nitrogens with zero attached hydrogens (tertiary/aromatic N) is 5. The average Bonchev–Trinajstić information content (AvgIpc) is 1.67. The third kappa shape index (κ3) is 21.6. The van der Waals surface area contributed by atoms with Crippen LogP contribution in [0.2, 0.25) is 0 Å². The highest BCUT2D eigenvalue weighted by atomic mass is 19.1. The van der Waals surface area contributed by atoms with E-state index >= 15 is 4.39 Å². The van der Waals surface area contributed by atoms with Gasteiger partial charge in [-0.1, -0.05) is 223 Å². The normalized spacial score (nSPS) is 16.2. The van der Waals surface area contributed by atoms with E-state index in [9.17, 15) is 4.39 Å². The second-order valence-electron chi connectivity index (χ2n) is 50.5. The SMILES string of the molecule is [2H]c1c(C)[n+](C)c(-c2c(C)c(C)cc(C)c2F)c2ccc(C(C(C)C)C(C)C)cc12.[2H]c1c(C)[n+](C)c(-c2cc(C)c(F)c(C)c2C)c2ccc(C(C(C)C)C(C)C)cc12.[2H]c1c(C)[n+](C)c(-c2cc3c(cc2C)C2CCC3C2)c2ccc(C(C(C)C)C(C)C)cc12.[2H]c1c(C)[n+](C)c(-c2cc3c(cc2C)C2CCC3CC2)c2ccc(C(C(C)C)C(C)C)cc12.[2H]c1c(C)[n+](C)c(-c2cc3c(cc2C)CCC3)c2ccc(C(C(C)C)C(C)C)cc12. The number of fused-ring (bicyclic) bond motifs is 13. The largest absolute Gasteiger partial charge is 0.223 e. The van der Waals surface area contributed by atoms with E-state index in [1.807, 2.05) is 86.2 Å². The van der Waals surface area contributed by atoms with E-state index in [1.165, 1.54) is 170 Å². The lowest BCUT2D eigenvalue weighted by atomic mass is 9.66. The molecule has 0 N–H and O–H groups in total. The van der Waals surface area contributed by atoms with E-state index in [1.54, 1.807) is 22.3 Å². The van der Waals surface area contributed by atoms with E-state index in [4.69, 9.17) is 6.85 Å². The zero-order valence-electron chi connectivity index (χ0n) is 104. The Bertz CT molecular complexity index is 7920. The Kier molecular flexibility index (Phi) is 31.5. The highest BCUT2D eigenvalue weighted by molar-refractivity contribution is 5.99. The van der Waals surface area contributed by atoms with Crippen LogP contribution in [0.4, 0.5) is 8.78 Å². The Labute approximate surface area is 911 Å². The highest BCUT2D eigenvalue weighted by Gasteiger charge is 2.41. The zero-order chi connectivity index (χ0) is 113. The molecule has 2 atom stereocenters. The first kappa shape index (κ1) is 105. The average molecular weight is 2020 g/mol. The van der Waals surface area contributed by atoms with Gasteiger partial charge in [0.05, 0.1) is 61.6 Å². The molecule has 7 heteroatoms. The number of halogens is 2. The van der Waals surface area contributed by atoms with E-state index in [0.29, 0.717) is 141 Å². The van der Waals surface area contributed by atoms with Crippen molar-refractivity contribution in [1.82, 2.24) is 0 Å². The maximum atomic E-state index is 15.4. The molecule has 2 fully saturated rings. The van der Waals surface area contributed by atoms with Crippen molar-refractivity contribution in [2.24, 2.45) is 94.4 Å². The molecule has 2 saturated carbocycles. The van der Waals surface area contributed by atoms with Crippen molar-refractivity contribution in [3.8, 4) is 56.3 Å². The molecular formula is C143H184F2N5+5. The second kappa shape index (κ2) is 45.0. The van der Waals surface area contributed by atoms with Crippen molar-refractivity contribution in [2.45, 2.75) is 353 Å². The molecular weight excluding hydrogens is 1830 g/mol. The number of rotatable bonds is 20. The minimum absolute atomic E-state index is 0.129. The molecule has 5 heterocycles. The lowest BCUT2D eigenvalue weighted by Crippen LogP contribution is -2.35. The predicted octanol–water partition coefficient (Wildman–Crippen LogP) is 36.8. The molecule has 0 saturated heterocycles. The zero-order valence-corrected chi connectivity index (χ0v) is 99.3. The van der Waals surface area contributed by atoms with Crippen LogP contribution in [0.15, 0.2) is 170 Å². The molecule has 150 heavy (non-hydrogen) atoms. The fraction of sp³-hybridized carbons (Fsp3) is 0.476. The van der Waals surface area contributed by atoms with Crippen LogP contribution in [0.5, 0.6) is 0 Å². The summed E-state index contributed by atoms with van der Waals surface area (Å²) in [6, 6.07) is 55.7. The van der Waals surface area contributed by atoms with Crippen LogP contribution in [-0.2, 0) is 48.1 Å². The van der Waals surface area contributed by atoms with Crippen molar-refractivity contribution in [2.75, 3.05) is 0 Å². The molecule has 4 bridgehead atoms. The number of hydrogen-bond acceptors (Lipinski definition) is 0. The van der Waals surface area contributed by atoms with Crippen LogP contribution >= 0.6 is 0 Å². The van der Waals surface area contributed by atoms with Gasteiger partial charge in [0.1, 0.15) is 46.9 Å². The maximum absolute atomic E-state index is 15.4. The van der Waals surface area contributed by atoms with Crippen LogP contribution in [0.1, 0.15) is 390 Å². The summed E-state index contributed by atoms with van der Waals surface area (Å²) in [4.78, 5) is 0. The van der Waals surface area contributed by atoms with Gasteiger partial charge in [0.25, 0.3) is 0 Å². The molecule has 2 unspecified atom stereocenters. The van der Waals surface area contributed by atoms with Gasteiger partial charge in [-0.2, -0.15) is 22.8 Å². The minimum Gasteiger partial charge on any atom is -0.206 e. The van der Waals surface area contributed by atoms with Gasteiger partial charge >= 0.3 is 0 Å². The Morgan fingerprint density at radius 2 is 0.500 bits per heavy atom. The number of benzene rings is 10. The van der Waals surface area contributed by atoms with Gasteiger partial charge in [-0.05, 0) is 432 Å². The Morgan fingerprint density at radius 3 is 0.820 bits per heavy atom. The lowest BCUT2D eigenvalue weighted by Gasteiger charge is -2.38. The summed E-state index contributed by atoms with van der Waals surface area (Å²) in [5, 5.41) is 10.8. The van der Waals surface area contributed by atoms with Crippen molar-refractivity contribution >= 4 is 53.9 Å². The monoisotopic (exact) mass is 2010 g/mol. The van der Waals surface area contributed by atoms with Crippen molar-refractivity contribution in [3.63, 3.8) is 0 Å². The molecule has 0 amide bonds. The van der Waals surface area contributed by atoms with Gasteiger partial charge in [0.2, 0.25) is 28.5 Å². The summed E-state index contributed by atoms with van der Waals surface area (Å²) in [5.41, 5.74) is 41.5. The van der Waals surface area contributed by atoms with Crippen LogP contribution < -0.4 is 22.8 Å². The van der Waals surface area contributed by atoms with Crippen molar-refractivity contribution < 1.29 is 38.5 Å². The Hall–Kier alpha value is -10.9. The maximum Gasteiger partial charge on any atom is 0.223 e. The molecule has 5 aromatic heterocycles. The first-order valence-corrected chi connectivity index (χ1v) is 57.6. The smallest absolute Gasteiger partial charge is 0.206 e. The quantitative estimate of drug-likeness (QED) is 0.0678. The molecule has 0 spiro atoms.